The normalized spacial score (nSPS) is 15.4. The molecular formula is C20H26N6O2. The van der Waals surface area contributed by atoms with Crippen LogP contribution in [0, 0.1) is 0 Å². The van der Waals surface area contributed by atoms with Crippen molar-refractivity contribution in [3.63, 3.8) is 0 Å². The second kappa shape index (κ2) is 7.73. The average Bonchev–Trinajstić information content (AvgIpc) is 3.08. The average molecular weight is 382 g/mol. The zero-order valence-electron chi connectivity index (χ0n) is 16.5. The first-order valence-electron chi connectivity index (χ1n) is 9.55. The third-order valence-electron chi connectivity index (χ3n) is 5.11. The number of aromatic nitrogens is 4. The summed E-state index contributed by atoms with van der Waals surface area (Å²) in [6.07, 6.45) is 4.77. The predicted octanol–water partition coefficient (Wildman–Crippen LogP) is 2.34. The van der Waals surface area contributed by atoms with E-state index in [1.165, 1.54) is 11.1 Å². The van der Waals surface area contributed by atoms with Crippen molar-refractivity contribution >= 4 is 22.7 Å². The Kier molecular flexibility index (Phi) is 5.15. The third-order valence-corrected chi connectivity index (χ3v) is 5.11. The number of nitrogens with one attached hydrogen (secondary N) is 1. The number of anilines is 2. The van der Waals surface area contributed by atoms with Crippen LogP contribution in [0.15, 0.2) is 24.5 Å². The second-order valence-corrected chi connectivity index (χ2v) is 7.41. The maximum atomic E-state index is 9.54. The van der Waals surface area contributed by atoms with Gasteiger partial charge in [-0.2, -0.15) is 10.1 Å². The number of benzene rings is 1. The van der Waals surface area contributed by atoms with Gasteiger partial charge in [-0.1, -0.05) is 0 Å². The van der Waals surface area contributed by atoms with Crippen molar-refractivity contribution in [3.8, 4) is 5.75 Å². The molecule has 4 rings (SSSR count). The summed E-state index contributed by atoms with van der Waals surface area (Å²) in [5.74, 6) is 1.28. The van der Waals surface area contributed by atoms with Gasteiger partial charge in [0.15, 0.2) is 5.65 Å². The van der Waals surface area contributed by atoms with Crippen molar-refractivity contribution in [2.24, 2.45) is 0 Å². The minimum Gasteiger partial charge on any atom is -0.495 e. The molecule has 28 heavy (non-hydrogen) atoms. The Morgan fingerprint density at radius 2 is 2.14 bits per heavy atom. The fourth-order valence-electron chi connectivity index (χ4n) is 3.51. The van der Waals surface area contributed by atoms with Gasteiger partial charge in [0.1, 0.15) is 5.75 Å². The second-order valence-electron chi connectivity index (χ2n) is 7.41. The summed E-state index contributed by atoms with van der Waals surface area (Å²) in [5, 5.41) is 18.1. The quantitative estimate of drug-likeness (QED) is 0.676. The highest BCUT2D eigenvalue weighted by Gasteiger charge is 2.17. The Hall–Kier alpha value is -2.71. The maximum Gasteiger partial charge on any atom is 0.229 e. The van der Waals surface area contributed by atoms with Crippen LogP contribution >= 0.6 is 0 Å². The first-order chi connectivity index (χ1) is 13.5. The predicted molar refractivity (Wildman–Crippen MR) is 108 cm³/mol. The molecule has 8 heteroatoms. The van der Waals surface area contributed by atoms with E-state index in [2.05, 4.69) is 44.5 Å². The number of hydrogen-bond donors (Lipinski definition) is 2. The molecule has 1 aliphatic heterocycles. The SMILES string of the molecule is COc1cc2c(cc1Nc1ncc3cnn(CC[C@@H](C)O)c3n1)CN(C)CC2. The molecule has 148 valence electrons. The molecule has 3 heterocycles. The first kappa shape index (κ1) is 18.6. The summed E-state index contributed by atoms with van der Waals surface area (Å²) in [6, 6.07) is 4.23. The monoisotopic (exact) mass is 382 g/mol. The van der Waals surface area contributed by atoms with E-state index in [4.69, 9.17) is 4.74 Å². The molecule has 0 saturated heterocycles. The van der Waals surface area contributed by atoms with Crippen LogP contribution in [-0.2, 0) is 19.5 Å². The summed E-state index contributed by atoms with van der Waals surface area (Å²) >= 11 is 0. The van der Waals surface area contributed by atoms with Crippen LogP contribution in [0.2, 0.25) is 0 Å². The number of aryl methyl sites for hydroxylation is 1. The van der Waals surface area contributed by atoms with Crippen LogP contribution in [0.3, 0.4) is 0 Å². The number of aliphatic hydroxyl groups excluding tert-OH is 1. The fraction of sp³-hybridized carbons (Fsp3) is 0.450. The van der Waals surface area contributed by atoms with E-state index in [9.17, 15) is 5.11 Å². The van der Waals surface area contributed by atoms with Crippen molar-refractivity contribution < 1.29 is 9.84 Å². The smallest absolute Gasteiger partial charge is 0.229 e. The minimum atomic E-state index is -0.378. The highest BCUT2D eigenvalue weighted by atomic mass is 16.5. The van der Waals surface area contributed by atoms with E-state index in [1.807, 2.05) is 0 Å². The summed E-state index contributed by atoms with van der Waals surface area (Å²) in [7, 11) is 3.81. The lowest BCUT2D eigenvalue weighted by atomic mass is 9.99. The van der Waals surface area contributed by atoms with Gasteiger partial charge in [-0.3, -0.25) is 0 Å². The molecule has 0 fully saturated rings. The molecule has 0 bridgehead atoms. The standard InChI is InChI=1S/C20H26N6O2/c1-13(27)4-7-26-19-16(11-22-26)10-21-20(24-19)23-17-8-15-12-25(2)6-5-14(15)9-18(17)28-3/h8-11,13,27H,4-7,12H2,1-3H3,(H,21,23,24)/t13-/m1/s1. The molecule has 0 aliphatic carbocycles. The molecule has 0 saturated carbocycles. The lowest BCUT2D eigenvalue weighted by Crippen LogP contribution is -2.26. The van der Waals surface area contributed by atoms with Crippen molar-refractivity contribution in [2.45, 2.75) is 39.0 Å². The van der Waals surface area contributed by atoms with Crippen LogP contribution in [0.1, 0.15) is 24.5 Å². The van der Waals surface area contributed by atoms with E-state index < -0.39 is 0 Å². The van der Waals surface area contributed by atoms with Crippen molar-refractivity contribution in [1.82, 2.24) is 24.6 Å². The van der Waals surface area contributed by atoms with Gasteiger partial charge in [0.05, 0.1) is 30.5 Å². The molecule has 0 spiro atoms. The number of likely N-dealkylation sites (N-methyl/N-ethyl adjacent to an activating group) is 1. The van der Waals surface area contributed by atoms with Crippen molar-refractivity contribution in [3.05, 3.63) is 35.7 Å². The van der Waals surface area contributed by atoms with Gasteiger partial charge in [-0.05, 0) is 50.1 Å². The van der Waals surface area contributed by atoms with Gasteiger partial charge in [-0.25, -0.2) is 9.67 Å². The number of methoxy groups -OCH3 is 1. The Morgan fingerprint density at radius 3 is 2.93 bits per heavy atom. The fourth-order valence-corrected chi connectivity index (χ4v) is 3.51. The molecule has 3 aromatic rings. The van der Waals surface area contributed by atoms with E-state index >= 15 is 0 Å². The molecule has 0 amide bonds. The van der Waals surface area contributed by atoms with Crippen molar-refractivity contribution in [2.75, 3.05) is 26.0 Å². The van der Waals surface area contributed by atoms with Gasteiger partial charge in [0.25, 0.3) is 0 Å². The first-order valence-corrected chi connectivity index (χ1v) is 9.55. The Balaban J connectivity index is 1.64. The summed E-state index contributed by atoms with van der Waals surface area (Å²) in [6.45, 7) is 4.35. The lowest BCUT2D eigenvalue weighted by molar-refractivity contribution is 0.177. The number of rotatable bonds is 6. The molecule has 8 nitrogen and oxygen atoms in total. The highest BCUT2D eigenvalue weighted by Crippen LogP contribution is 2.33. The van der Waals surface area contributed by atoms with Gasteiger partial charge >= 0.3 is 0 Å². The van der Waals surface area contributed by atoms with Gasteiger partial charge in [0, 0.05) is 25.8 Å². The zero-order chi connectivity index (χ0) is 19.7. The Morgan fingerprint density at radius 1 is 1.29 bits per heavy atom. The number of ether oxygens (including phenoxy) is 1. The molecule has 2 N–H and O–H groups in total. The van der Waals surface area contributed by atoms with Gasteiger partial charge in [-0.15, -0.1) is 0 Å². The third kappa shape index (κ3) is 3.79. The zero-order valence-corrected chi connectivity index (χ0v) is 16.5. The van der Waals surface area contributed by atoms with E-state index in [0.29, 0.717) is 18.9 Å². The Bertz CT molecular complexity index is 984. The summed E-state index contributed by atoms with van der Waals surface area (Å²) in [5.41, 5.74) is 4.22. The largest absolute Gasteiger partial charge is 0.495 e. The number of fused-ring (bicyclic) bond motifs is 2. The molecule has 0 unspecified atom stereocenters. The molecule has 2 aromatic heterocycles. The number of aliphatic hydroxyl groups is 1. The Labute approximate surface area is 164 Å². The van der Waals surface area contributed by atoms with Crippen LogP contribution in [-0.4, -0.2) is 56.6 Å². The molecule has 1 atom stereocenters. The number of nitrogens with zero attached hydrogens (tertiary/aromatic N) is 5. The maximum absolute atomic E-state index is 9.54. The molecule has 1 aliphatic rings. The summed E-state index contributed by atoms with van der Waals surface area (Å²) in [4.78, 5) is 11.4. The van der Waals surface area contributed by atoms with Crippen LogP contribution in [0.4, 0.5) is 11.6 Å². The molecular weight excluding hydrogens is 356 g/mol. The highest BCUT2D eigenvalue weighted by molar-refractivity contribution is 5.76. The summed E-state index contributed by atoms with van der Waals surface area (Å²) < 4.78 is 7.39. The van der Waals surface area contributed by atoms with Crippen LogP contribution < -0.4 is 10.1 Å². The topological polar surface area (TPSA) is 88.3 Å². The van der Waals surface area contributed by atoms with Gasteiger partial charge in [0.2, 0.25) is 5.95 Å². The molecule has 0 radical (unpaired) electrons. The van der Waals surface area contributed by atoms with E-state index in [0.717, 1.165) is 42.0 Å². The van der Waals surface area contributed by atoms with Gasteiger partial charge < -0.3 is 20.1 Å². The van der Waals surface area contributed by atoms with E-state index in [-0.39, 0.29) is 6.10 Å². The van der Waals surface area contributed by atoms with Crippen molar-refractivity contribution in [1.29, 1.82) is 0 Å². The van der Waals surface area contributed by atoms with Crippen LogP contribution in [0.25, 0.3) is 11.0 Å². The van der Waals surface area contributed by atoms with E-state index in [1.54, 1.807) is 31.1 Å². The minimum absolute atomic E-state index is 0.378. The lowest BCUT2D eigenvalue weighted by Gasteiger charge is -2.26. The molecule has 1 aromatic carbocycles. The number of hydrogen-bond acceptors (Lipinski definition) is 7. The van der Waals surface area contributed by atoms with Crippen LogP contribution in [0.5, 0.6) is 5.75 Å².